The average molecular weight is 415 g/mol. The molecule has 0 aliphatic carbocycles. The van der Waals surface area contributed by atoms with Gasteiger partial charge in [0.25, 0.3) is 0 Å². The molecular weight excluding hydrogens is 396 g/mol. The Morgan fingerprint density at radius 2 is 1.73 bits per heavy atom. The van der Waals surface area contributed by atoms with Crippen LogP contribution in [0.2, 0.25) is 0 Å². The monoisotopic (exact) mass is 414 g/mol. The molecule has 0 fully saturated rings. The first-order valence-corrected chi connectivity index (χ1v) is 9.02. The van der Waals surface area contributed by atoms with Gasteiger partial charge >= 0.3 is 5.97 Å². The average Bonchev–Trinajstić information content (AvgIpc) is 2.95. The highest BCUT2D eigenvalue weighted by atomic mass is 79.9. The lowest BCUT2D eigenvalue weighted by Gasteiger charge is -2.08. The zero-order chi connectivity index (χ0) is 18.5. The van der Waals surface area contributed by atoms with E-state index in [0.717, 1.165) is 21.6 Å². The summed E-state index contributed by atoms with van der Waals surface area (Å²) in [5.41, 5.74) is 2.81. The SMILES string of the molecule is Cc1nn(-c2ccccc2)c(C)c1C(=O)OCCOc1ccc(Br)cc1. The third-order valence-electron chi connectivity index (χ3n) is 3.90. The lowest BCUT2D eigenvalue weighted by molar-refractivity contribution is 0.0448. The molecule has 0 N–H and O–H groups in total. The van der Waals surface area contributed by atoms with Crippen molar-refractivity contribution < 1.29 is 14.3 Å². The molecule has 0 amide bonds. The van der Waals surface area contributed by atoms with Gasteiger partial charge in [-0.15, -0.1) is 0 Å². The van der Waals surface area contributed by atoms with Crippen molar-refractivity contribution in [3.63, 3.8) is 0 Å². The zero-order valence-electron chi connectivity index (χ0n) is 14.6. The van der Waals surface area contributed by atoms with Crippen molar-refractivity contribution in [2.45, 2.75) is 13.8 Å². The minimum absolute atomic E-state index is 0.171. The van der Waals surface area contributed by atoms with Crippen molar-refractivity contribution in [3.8, 4) is 11.4 Å². The fraction of sp³-hybridized carbons (Fsp3) is 0.200. The van der Waals surface area contributed by atoms with Gasteiger partial charge in [-0.2, -0.15) is 5.10 Å². The third kappa shape index (κ3) is 4.14. The van der Waals surface area contributed by atoms with Crippen LogP contribution in [0.25, 0.3) is 5.69 Å². The smallest absolute Gasteiger partial charge is 0.342 e. The summed E-state index contributed by atoms with van der Waals surface area (Å²) in [6, 6.07) is 17.2. The van der Waals surface area contributed by atoms with Gasteiger partial charge in [0.05, 0.1) is 17.1 Å². The van der Waals surface area contributed by atoms with Gasteiger partial charge in [-0.3, -0.25) is 0 Å². The summed E-state index contributed by atoms with van der Waals surface area (Å²) in [6.07, 6.45) is 0. The highest BCUT2D eigenvalue weighted by molar-refractivity contribution is 9.10. The molecule has 0 atom stereocenters. The van der Waals surface area contributed by atoms with E-state index in [9.17, 15) is 4.79 Å². The van der Waals surface area contributed by atoms with E-state index in [1.807, 2.05) is 61.5 Å². The fourth-order valence-electron chi connectivity index (χ4n) is 2.66. The molecule has 2 aromatic carbocycles. The molecule has 1 heterocycles. The number of nitrogens with zero attached hydrogens (tertiary/aromatic N) is 2. The highest BCUT2D eigenvalue weighted by Crippen LogP contribution is 2.19. The summed E-state index contributed by atoms with van der Waals surface area (Å²) < 4.78 is 13.7. The Morgan fingerprint density at radius 1 is 1.04 bits per heavy atom. The summed E-state index contributed by atoms with van der Waals surface area (Å²) in [4.78, 5) is 12.4. The fourth-order valence-corrected chi connectivity index (χ4v) is 2.92. The molecule has 6 heteroatoms. The van der Waals surface area contributed by atoms with Crippen molar-refractivity contribution in [2.75, 3.05) is 13.2 Å². The maximum Gasteiger partial charge on any atom is 0.342 e. The van der Waals surface area contributed by atoms with E-state index in [-0.39, 0.29) is 19.2 Å². The molecule has 1 aromatic heterocycles. The maximum atomic E-state index is 12.4. The first-order chi connectivity index (χ1) is 12.6. The molecule has 0 aliphatic heterocycles. The van der Waals surface area contributed by atoms with E-state index < -0.39 is 0 Å². The van der Waals surface area contributed by atoms with E-state index >= 15 is 0 Å². The summed E-state index contributed by atoms with van der Waals surface area (Å²) in [5, 5.41) is 4.47. The number of carbonyl (C=O) groups is 1. The lowest BCUT2D eigenvalue weighted by Crippen LogP contribution is -2.13. The quantitative estimate of drug-likeness (QED) is 0.440. The second-order valence-electron chi connectivity index (χ2n) is 5.73. The number of aromatic nitrogens is 2. The van der Waals surface area contributed by atoms with E-state index in [1.54, 1.807) is 11.6 Å². The predicted molar refractivity (Wildman–Crippen MR) is 103 cm³/mol. The van der Waals surface area contributed by atoms with Crippen LogP contribution in [0.15, 0.2) is 59.1 Å². The van der Waals surface area contributed by atoms with Gasteiger partial charge in [0, 0.05) is 4.47 Å². The van der Waals surface area contributed by atoms with E-state index in [0.29, 0.717) is 11.3 Å². The summed E-state index contributed by atoms with van der Waals surface area (Å²) in [6.45, 7) is 4.13. The standard InChI is InChI=1S/C20H19BrN2O3/c1-14-19(15(2)23(22-14)17-6-4-3-5-7-17)20(24)26-13-12-25-18-10-8-16(21)9-11-18/h3-11H,12-13H2,1-2H3. The van der Waals surface area contributed by atoms with Crippen LogP contribution in [0.5, 0.6) is 5.75 Å². The molecule has 0 radical (unpaired) electrons. The van der Waals surface area contributed by atoms with Gasteiger partial charge in [-0.1, -0.05) is 34.1 Å². The number of para-hydroxylation sites is 1. The molecule has 3 aromatic rings. The Balaban J connectivity index is 1.61. The number of hydrogen-bond acceptors (Lipinski definition) is 4. The van der Waals surface area contributed by atoms with Gasteiger partial charge in [0.1, 0.15) is 24.5 Å². The molecule has 3 rings (SSSR count). The molecule has 0 aliphatic rings. The van der Waals surface area contributed by atoms with Crippen LogP contribution in [0.3, 0.4) is 0 Å². The molecule has 0 spiro atoms. The zero-order valence-corrected chi connectivity index (χ0v) is 16.2. The van der Waals surface area contributed by atoms with Crippen molar-refractivity contribution >= 4 is 21.9 Å². The minimum Gasteiger partial charge on any atom is -0.490 e. The molecule has 0 saturated heterocycles. The predicted octanol–water partition coefficient (Wildman–Crippen LogP) is 4.49. The Morgan fingerprint density at radius 3 is 2.42 bits per heavy atom. The first-order valence-electron chi connectivity index (χ1n) is 8.23. The topological polar surface area (TPSA) is 53.4 Å². The van der Waals surface area contributed by atoms with E-state index in [2.05, 4.69) is 21.0 Å². The van der Waals surface area contributed by atoms with Crippen LogP contribution in [-0.4, -0.2) is 29.0 Å². The van der Waals surface area contributed by atoms with Gasteiger partial charge in [0.15, 0.2) is 0 Å². The Kier molecular flexibility index (Phi) is 5.73. The second-order valence-corrected chi connectivity index (χ2v) is 6.65. The molecule has 0 unspecified atom stereocenters. The van der Waals surface area contributed by atoms with Crippen molar-refractivity contribution in [1.82, 2.24) is 9.78 Å². The van der Waals surface area contributed by atoms with Gasteiger partial charge in [-0.25, -0.2) is 9.48 Å². The minimum atomic E-state index is -0.387. The number of aryl methyl sites for hydroxylation is 1. The number of halogens is 1. The summed E-state index contributed by atoms with van der Waals surface area (Å²) >= 11 is 3.37. The Hall–Kier alpha value is -2.60. The molecular formula is C20H19BrN2O3. The number of benzene rings is 2. The molecule has 26 heavy (non-hydrogen) atoms. The maximum absolute atomic E-state index is 12.4. The highest BCUT2D eigenvalue weighted by Gasteiger charge is 2.20. The van der Waals surface area contributed by atoms with Crippen molar-refractivity contribution in [1.29, 1.82) is 0 Å². The lowest BCUT2D eigenvalue weighted by atomic mass is 10.2. The van der Waals surface area contributed by atoms with Gasteiger partial charge in [-0.05, 0) is 50.2 Å². The van der Waals surface area contributed by atoms with Crippen molar-refractivity contribution in [2.24, 2.45) is 0 Å². The third-order valence-corrected chi connectivity index (χ3v) is 4.42. The number of rotatable bonds is 6. The van der Waals surface area contributed by atoms with E-state index in [4.69, 9.17) is 9.47 Å². The van der Waals surface area contributed by atoms with Crippen LogP contribution in [0.1, 0.15) is 21.7 Å². The summed E-state index contributed by atoms with van der Waals surface area (Å²) in [5.74, 6) is 0.343. The van der Waals surface area contributed by atoms with Crippen LogP contribution in [0.4, 0.5) is 0 Å². The normalized spacial score (nSPS) is 10.6. The van der Waals surface area contributed by atoms with Gasteiger partial charge < -0.3 is 9.47 Å². The number of esters is 1. The second kappa shape index (κ2) is 8.19. The van der Waals surface area contributed by atoms with Gasteiger partial charge in [0.2, 0.25) is 0 Å². The largest absolute Gasteiger partial charge is 0.490 e. The molecule has 0 saturated carbocycles. The molecule has 5 nitrogen and oxygen atoms in total. The molecule has 134 valence electrons. The number of hydrogen-bond donors (Lipinski definition) is 0. The summed E-state index contributed by atoms with van der Waals surface area (Å²) in [7, 11) is 0. The van der Waals surface area contributed by atoms with E-state index in [1.165, 1.54) is 0 Å². The Bertz CT molecular complexity index is 889. The number of carbonyl (C=O) groups excluding carboxylic acids is 1. The molecule has 0 bridgehead atoms. The van der Waals surface area contributed by atoms with Crippen LogP contribution in [0, 0.1) is 13.8 Å². The first kappa shape index (κ1) is 18.2. The van der Waals surface area contributed by atoms with Crippen LogP contribution in [-0.2, 0) is 4.74 Å². The van der Waals surface area contributed by atoms with Crippen LogP contribution < -0.4 is 4.74 Å². The van der Waals surface area contributed by atoms with Crippen LogP contribution >= 0.6 is 15.9 Å². The van der Waals surface area contributed by atoms with Crippen molar-refractivity contribution in [3.05, 3.63) is 76.0 Å². The number of ether oxygens (including phenoxy) is 2. The Labute approximate surface area is 160 Å².